The number of rotatable bonds is 4. The highest BCUT2D eigenvalue weighted by molar-refractivity contribution is 5.94. The van der Waals surface area contributed by atoms with Crippen LogP contribution in [0.2, 0.25) is 0 Å². The standard InChI is InChI=1S/C11H15N3O.2ClH/c12-7-10(8-1-2-8)14-11(15)9-3-5-13-6-4-9;;/h3-6,8,10H,1-2,7,12H2,(H,14,15);2*1H. The summed E-state index contributed by atoms with van der Waals surface area (Å²) in [4.78, 5) is 15.6. The molecule has 1 heterocycles. The van der Waals surface area contributed by atoms with Gasteiger partial charge in [-0.05, 0) is 30.9 Å². The van der Waals surface area contributed by atoms with E-state index in [9.17, 15) is 4.79 Å². The zero-order chi connectivity index (χ0) is 10.7. The minimum Gasteiger partial charge on any atom is -0.348 e. The number of nitrogens with zero attached hydrogens (tertiary/aromatic N) is 1. The van der Waals surface area contributed by atoms with Crippen LogP contribution in [0.3, 0.4) is 0 Å². The number of carbonyl (C=O) groups is 1. The number of nitrogens with two attached hydrogens (primary N) is 1. The van der Waals surface area contributed by atoms with Crippen LogP contribution >= 0.6 is 24.8 Å². The molecule has 1 amide bonds. The number of hydrogen-bond donors (Lipinski definition) is 2. The van der Waals surface area contributed by atoms with Crippen LogP contribution in [0.15, 0.2) is 24.5 Å². The molecular weight excluding hydrogens is 261 g/mol. The zero-order valence-electron chi connectivity index (χ0n) is 9.33. The highest BCUT2D eigenvalue weighted by Crippen LogP contribution is 2.32. The van der Waals surface area contributed by atoms with Gasteiger partial charge < -0.3 is 11.1 Å². The lowest BCUT2D eigenvalue weighted by Gasteiger charge is -2.15. The molecule has 1 unspecified atom stereocenters. The fourth-order valence-corrected chi connectivity index (χ4v) is 1.62. The van der Waals surface area contributed by atoms with Crippen molar-refractivity contribution in [2.24, 2.45) is 11.7 Å². The third-order valence-electron chi connectivity index (χ3n) is 2.70. The lowest BCUT2D eigenvalue weighted by atomic mass is 10.1. The lowest BCUT2D eigenvalue weighted by molar-refractivity contribution is 0.0933. The number of aromatic nitrogens is 1. The average Bonchev–Trinajstić information content (AvgIpc) is 3.10. The summed E-state index contributed by atoms with van der Waals surface area (Å²) in [5.41, 5.74) is 6.26. The number of carbonyl (C=O) groups excluding carboxylic acids is 1. The first kappa shape index (κ1) is 16.2. The van der Waals surface area contributed by atoms with Crippen LogP contribution in [-0.2, 0) is 0 Å². The summed E-state index contributed by atoms with van der Waals surface area (Å²) >= 11 is 0. The van der Waals surface area contributed by atoms with Crippen LogP contribution in [0.1, 0.15) is 23.2 Å². The van der Waals surface area contributed by atoms with E-state index >= 15 is 0 Å². The van der Waals surface area contributed by atoms with Gasteiger partial charge >= 0.3 is 0 Å². The number of pyridine rings is 1. The molecule has 1 aliphatic carbocycles. The van der Waals surface area contributed by atoms with Crippen molar-refractivity contribution in [1.82, 2.24) is 10.3 Å². The summed E-state index contributed by atoms with van der Waals surface area (Å²) in [6, 6.07) is 3.54. The van der Waals surface area contributed by atoms with E-state index in [1.807, 2.05) is 0 Å². The molecule has 0 radical (unpaired) electrons. The molecule has 1 aliphatic rings. The Morgan fingerprint density at radius 2 is 2.00 bits per heavy atom. The molecule has 1 aromatic heterocycles. The SMILES string of the molecule is Cl.Cl.NCC(NC(=O)c1ccncc1)C1CC1. The van der Waals surface area contributed by atoms with Gasteiger partial charge in [0.2, 0.25) is 0 Å². The van der Waals surface area contributed by atoms with Crippen LogP contribution < -0.4 is 11.1 Å². The van der Waals surface area contributed by atoms with Gasteiger partial charge in [-0.2, -0.15) is 0 Å². The van der Waals surface area contributed by atoms with Crippen LogP contribution in [0.4, 0.5) is 0 Å². The molecule has 4 nitrogen and oxygen atoms in total. The van der Waals surface area contributed by atoms with Crippen molar-refractivity contribution < 1.29 is 4.79 Å². The molecule has 1 saturated carbocycles. The van der Waals surface area contributed by atoms with Gasteiger partial charge in [-0.15, -0.1) is 24.8 Å². The quantitative estimate of drug-likeness (QED) is 0.874. The summed E-state index contributed by atoms with van der Waals surface area (Å²) in [5, 5.41) is 2.95. The molecule has 0 saturated heterocycles. The number of nitrogens with one attached hydrogen (secondary N) is 1. The zero-order valence-corrected chi connectivity index (χ0v) is 11.0. The van der Waals surface area contributed by atoms with Crippen molar-refractivity contribution in [3.8, 4) is 0 Å². The highest BCUT2D eigenvalue weighted by Gasteiger charge is 2.31. The van der Waals surface area contributed by atoms with Gasteiger partial charge in [0.1, 0.15) is 0 Å². The minimum atomic E-state index is -0.0558. The fraction of sp³-hybridized carbons (Fsp3) is 0.455. The summed E-state index contributed by atoms with van der Waals surface area (Å²) in [6.07, 6.45) is 5.59. The summed E-state index contributed by atoms with van der Waals surface area (Å²) in [7, 11) is 0. The van der Waals surface area contributed by atoms with Crippen molar-refractivity contribution in [2.75, 3.05) is 6.54 Å². The molecule has 0 spiro atoms. The molecule has 0 bridgehead atoms. The van der Waals surface area contributed by atoms with E-state index in [0.29, 0.717) is 18.0 Å². The Labute approximate surface area is 113 Å². The fourth-order valence-electron chi connectivity index (χ4n) is 1.62. The maximum absolute atomic E-state index is 11.8. The monoisotopic (exact) mass is 277 g/mol. The second-order valence-electron chi connectivity index (χ2n) is 3.89. The molecule has 17 heavy (non-hydrogen) atoms. The third kappa shape index (κ3) is 4.50. The van der Waals surface area contributed by atoms with Crippen molar-refractivity contribution in [3.05, 3.63) is 30.1 Å². The maximum atomic E-state index is 11.8. The molecule has 3 N–H and O–H groups in total. The predicted molar refractivity (Wildman–Crippen MR) is 71.8 cm³/mol. The Balaban J connectivity index is 0.00000128. The first-order valence-corrected chi connectivity index (χ1v) is 5.22. The van der Waals surface area contributed by atoms with E-state index in [-0.39, 0.29) is 36.8 Å². The predicted octanol–water partition coefficient (Wildman–Crippen LogP) is 1.39. The first-order chi connectivity index (χ1) is 7.31. The van der Waals surface area contributed by atoms with Crippen LogP contribution in [0.5, 0.6) is 0 Å². The molecule has 1 aromatic rings. The second kappa shape index (κ2) is 7.48. The Kier molecular flexibility index (Phi) is 7.11. The molecule has 6 heteroatoms. The molecule has 0 aliphatic heterocycles. The minimum absolute atomic E-state index is 0. The first-order valence-electron chi connectivity index (χ1n) is 5.22. The summed E-state index contributed by atoms with van der Waals surface area (Å²) < 4.78 is 0. The Hall–Kier alpha value is -0.840. The average molecular weight is 278 g/mol. The highest BCUT2D eigenvalue weighted by atomic mass is 35.5. The van der Waals surface area contributed by atoms with E-state index in [2.05, 4.69) is 10.3 Å². The summed E-state index contributed by atoms with van der Waals surface area (Å²) in [6.45, 7) is 0.515. The van der Waals surface area contributed by atoms with Crippen LogP contribution in [-0.4, -0.2) is 23.5 Å². The van der Waals surface area contributed by atoms with E-state index in [1.54, 1.807) is 24.5 Å². The topological polar surface area (TPSA) is 68.0 Å². The van der Waals surface area contributed by atoms with Gasteiger partial charge in [-0.3, -0.25) is 9.78 Å². The van der Waals surface area contributed by atoms with E-state index < -0.39 is 0 Å². The summed E-state index contributed by atoms with van der Waals surface area (Å²) in [5.74, 6) is 0.528. The van der Waals surface area contributed by atoms with E-state index in [4.69, 9.17) is 5.73 Å². The Morgan fingerprint density at radius 3 is 2.47 bits per heavy atom. The third-order valence-corrected chi connectivity index (χ3v) is 2.70. The van der Waals surface area contributed by atoms with Crippen molar-refractivity contribution in [2.45, 2.75) is 18.9 Å². The van der Waals surface area contributed by atoms with Crippen LogP contribution in [0, 0.1) is 5.92 Å². The van der Waals surface area contributed by atoms with Gasteiger partial charge in [0.15, 0.2) is 0 Å². The van der Waals surface area contributed by atoms with E-state index in [0.717, 1.165) is 0 Å². The van der Waals surface area contributed by atoms with Gasteiger partial charge in [0.05, 0.1) is 0 Å². The maximum Gasteiger partial charge on any atom is 0.251 e. The number of halogens is 2. The number of hydrogen-bond acceptors (Lipinski definition) is 3. The van der Waals surface area contributed by atoms with E-state index in [1.165, 1.54) is 12.8 Å². The van der Waals surface area contributed by atoms with Gasteiger partial charge in [0, 0.05) is 30.5 Å². The van der Waals surface area contributed by atoms with Gasteiger partial charge in [0.25, 0.3) is 5.91 Å². The molecular formula is C11H17Cl2N3O. The van der Waals surface area contributed by atoms with Crippen molar-refractivity contribution >= 4 is 30.7 Å². The van der Waals surface area contributed by atoms with Crippen LogP contribution in [0.25, 0.3) is 0 Å². The lowest BCUT2D eigenvalue weighted by Crippen LogP contribution is -2.41. The van der Waals surface area contributed by atoms with Crippen molar-refractivity contribution in [1.29, 1.82) is 0 Å². The number of amides is 1. The Bertz CT molecular complexity index is 344. The Morgan fingerprint density at radius 1 is 1.41 bits per heavy atom. The molecule has 96 valence electrons. The smallest absolute Gasteiger partial charge is 0.251 e. The van der Waals surface area contributed by atoms with Gasteiger partial charge in [-0.25, -0.2) is 0 Å². The largest absolute Gasteiger partial charge is 0.348 e. The molecule has 0 aromatic carbocycles. The van der Waals surface area contributed by atoms with Crippen molar-refractivity contribution in [3.63, 3.8) is 0 Å². The molecule has 2 rings (SSSR count). The second-order valence-corrected chi connectivity index (χ2v) is 3.89. The molecule has 1 atom stereocenters. The van der Waals surface area contributed by atoms with Gasteiger partial charge in [-0.1, -0.05) is 0 Å². The molecule has 1 fully saturated rings. The normalized spacial score (nSPS) is 15.1.